The second kappa shape index (κ2) is 5.83. The van der Waals surface area contributed by atoms with Crippen molar-refractivity contribution in [2.24, 2.45) is 11.7 Å². The molecule has 0 spiro atoms. The molecule has 2 N–H and O–H groups in total. The summed E-state index contributed by atoms with van der Waals surface area (Å²) in [5.74, 6) is 0.780. The van der Waals surface area contributed by atoms with E-state index in [1.165, 1.54) is 11.1 Å². The molecule has 0 radical (unpaired) electrons. The third-order valence-electron chi connectivity index (χ3n) is 3.67. The molecule has 0 aliphatic carbocycles. The van der Waals surface area contributed by atoms with Crippen LogP contribution >= 0.6 is 0 Å². The van der Waals surface area contributed by atoms with Crippen molar-refractivity contribution < 1.29 is 0 Å². The van der Waals surface area contributed by atoms with Crippen molar-refractivity contribution in [3.8, 4) is 0 Å². The second-order valence-electron chi connectivity index (χ2n) is 5.02. The van der Waals surface area contributed by atoms with Gasteiger partial charge in [0.15, 0.2) is 0 Å². The second-order valence-corrected chi connectivity index (χ2v) is 5.02. The summed E-state index contributed by atoms with van der Waals surface area (Å²) in [5, 5.41) is 0. The minimum atomic E-state index is 0.176. The van der Waals surface area contributed by atoms with Crippen molar-refractivity contribution in [2.45, 2.75) is 25.8 Å². The van der Waals surface area contributed by atoms with Gasteiger partial charge < -0.3 is 5.73 Å². The van der Waals surface area contributed by atoms with Crippen molar-refractivity contribution in [3.05, 3.63) is 71.8 Å². The molecule has 0 heterocycles. The van der Waals surface area contributed by atoms with Crippen LogP contribution in [0.1, 0.15) is 30.9 Å². The fourth-order valence-corrected chi connectivity index (χ4v) is 2.42. The molecule has 1 nitrogen and oxygen atoms in total. The van der Waals surface area contributed by atoms with Gasteiger partial charge in [-0.15, -0.1) is 0 Å². The summed E-state index contributed by atoms with van der Waals surface area (Å²) in [6.45, 7) is 4.32. The first kappa shape index (κ1) is 12.8. The lowest BCUT2D eigenvalue weighted by molar-refractivity contribution is 0.434. The van der Waals surface area contributed by atoms with Gasteiger partial charge in [0.05, 0.1) is 0 Å². The summed E-state index contributed by atoms with van der Waals surface area (Å²) in [7, 11) is 0. The molecule has 2 aromatic carbocycles. The van der Waals surface area contributed by atoms with Crippen LogP contribution in [0.2, 0.25) is 0 Å². The Labute approximate surface area is 110 Å². The lowest BCUT2D eigenvalue weighted by Crippen LogP contribution is -2.29. The van der Waals surface area contributed by atoms with E-state index in [2.05, 4.69) is 74.5 Å². The van der Waals surface area contributed by atoms with Crippen LogP contribution in [-0.4, -0.2) is 6.04 Å². The molecule has 0 amide bonds. The van der Waals surface area contributed by atoms with Gasteiger partial charge in [-0.25, -0.2) is 0 Å². The summed E-state index contributed by atoms with van der Waals surface area (Å²) in [6, 6.07) is 21.4. The van der Waals surface area contributed by atoms with E-state index in [9.17, 15) is 0 Å². The molecule has 0 aliphatic heterocycles. The summed E-state index contributed by atoms with van der Waals surface area (Å²) in [5.41, 5.74) is 8.79. The Morgan fingerprint density at radius 1 is 0.722 bits per heavy atom. The molecule has 2 unspecified atom stereocenters. The fraction of sp³-hybridized carbons (Fsp3) is 0.294. The highest BCUT2D eigenvalue weighted by Crippen LogP contribution is 2.33. The normalized spacial score (nSPS) is 14.4. The van der Waals surface area contributed by atoms with E-state index in [4.69, 9.17) is 5.73 Å². The summed E-state index contributed by atoms with van der Waals surface area (Å²) in [6.07, 6.45) is 0. The quantitative estimate of drug-likeness (QED) is 0.862. The molecule has 0 saturated carbocycles. The number of benzene rings is 2. The first-order valence-corrected chi connectivity index (χ1v) is 6.55. The fourth-order valence-electron chi connectivity index (χ4n) is 2.42. The molecule has 2 aromatic rings. The maximum atomic E-state index is 6.11. The van der Waals surface area contributed by atoms with Gasteiger partial charge in [0.25, 0.3) is 0 Å². The highest BCUT2D eigenvalue weighted by atomic mass is 14.6. The van der Waals surface area contributed by atoms with Crippen LogP contribution in [0.5, 0.6) is 0 Å². The zero-order chi connectivity index (χ0) is 13.0. The van der Waals surface area contributed by atoms with Gasteiger partial charge in [-0.1, -0.05) is 67.6 Å². The first-order valence-electron chi connectivity index (χ1n) is 6.55. The number of rotatable bonds is 4. The van der Waals surface area contributed by atoms with Crippen molar-refractivity contribution in [1.82, 2.24) is 0 Å². The Kier molecular flexibility index (Phi) is 4.16. The van der Waals surface area contributed by atoms with Crippen molar-refractivity contribution in [2.75, 3.05) is 0 Å². The monoisotopic (exact) mass is 239 g/mol. The van der Waals surface area contributed by atoms with E-state index in [0.29, 0.717) is 11.8 Å². The Hall–Kier alpha value is -1.60. The van der Waals surface area contributed by atoms with Crippen LogP contribution in [0, 0.1) is 5.92 Å². The SMILES string of the molecule is CC(N)C(C)C(c1ccccc1)c1ccccc1. The van der Waals surface area contributed by atoms with E-state index < -0.39 is 0 Å². The summed E-state index contributed by atoms with van der Waals surface area (Å²) in [4.78, 5) is 0. The van der Waals surface area contributed by atoms with E-state index in [-0.39, 0.29) is 6.04 Å². The van der Waals surface area contributed by atoms with E-state index in [1.54, 1.807) is 0 Å². The highest BCUT2D eigenvalue weighted by molar-refractivity contribution is 5.33. The maximum absolute atomic E-state index is 6.11. The number of hydrogen-bond acceptors (Lipinski definition) is 1. The van der Waals surface area contributed by atoms with E-state index >= 15 is 0 Å². The van der Waals surface area contributed by atoms with Crippen LogP contribution in [0.3, 0.4) is 0 Å². The topological polar surface area (TPSA) is 26.0 Å². The molecule has 2 atom stereocenters. The van der Waals surface area contributed by atoms with Crippen molar-refractivity contribution >= 4 is 0 Å². The minimum absolute atomic E-state index is 0.176. The molecule has 94 valence electrons. The van der Waals surface area contributed by atoms with Crippen molar-refractivity contribution in [3.63, 3.8) is 0 Å². The molecular weight excluding hydrogens is 218 g/mol. The van der Waals surface area contributed by atoms with Crippen LogP contribution in [0.25, 0.3) is 0 Å². The lowest BCUT2D eigenvalue weighted by atomic mass is 9.79. The summed E-state index contributed by atoms with van der Waals surface area (Å²) >= 11 is 0. The smallest absolute Gasteiger partial charge is 0.0130 e. The van der Waals surface area contributed by atoms with Crippen molar-refractivity contribution in [1.29, 1.82) is 0 Å². The van der Waals surface area contributed by atoms with Gasteiger partial charge in [-0.05, 0) is 24.0 Å². The van der Waals surface area contributed by atoms with Crippen LogP contribution in [0.4, 0.5) is 0 Å². The zero-order valence-electron chi connectivity index (χ0n) is 11.1. The molecule has 0 fully saturated rings. The average molecular weight is 239 g/mol. The Morgan fingerprint density at radius 2 is 1.11 bits per heavy atom. The molecule has 1 heteroatoms. The average Bonchev–Trinajstić information content (AvgIpc) is 2.41. The van der Waals surface area contributed by atoms with Gasteiger partial charge in [-0.3, -0.25) is 0 Å². The third kappa shape index (κ3) is 2.80. The largest absolute Gasteiger partial charge is 0.328 e. The standard InChI is InChI=1S/C17H21N/c1-13(14(2)18)17(15-9-5-3-6-10-15)16-11-7-4-8-12-16/h3-14,17H,18H2,1-2H3. The van der Waals surface area contributed by atoms with Gasteiger partial charge in [0.1, 0.15) is 0 Å². The van der Waals surface area contributed by atoms with Crippen LogP contribution in [-0.2, 0) is 0 Å². The number of nitrogens with two attached hydrogens (primary N) is 1. The predicted octanol–water partition coefficient (Wildman–Crippen LogP) is 3.80. The predicted molar refractivity (Wildman–Crippen MR) is 77.5 cm³/mol. The highest BCUT2D eigenvalue weighted by Gasteiger charge is 2.23. The third-order valence-corrected chi connectivity index (χ3v) is 3.67. The molecule has 0 aromatic heterocycles. The van der Waals surface area contributed by atoms with Crippen LogP contribution in [0.15, 0.2) is 60.7 Å². The molecule has 0 saturated heterocycles. The Morgan fingerprint density at radius 3 is 1.44 bits per heavy atom. The minimum Gasteiger partial charge on any atom is -0.328 e. The Balaban J connectivity index is 2.42. The molecule has 0 bridgehead atoms. The van der Waals surface area contributed by atoms with E-state index in [0.717, 1.165) is 0 Å². The summed E-state index contributed by atoms with van der Waals surface area (Å²) < 4.78 is 0. The lowest BCUT2D eigenvalue weighted by Gasteiger charge is -2.28. The molecule has 0 aliphatic rings. The van der Waals surface area contributed by atoms with Gasteiger partial charge >= 0.3 is 0 Å². The molecular formula is C17H21N. The maximum Gasteiger partial charge on any atom is 0.0130 e. The Bertz CT molecular complexity index is 422. The first-order chi connectivity index (χ1) is 8.70. The van der Waals surface area contributed by atoms with Gasteiger partial charge in [0.2, 0.25) is 0 Å². The molecule has 2 rings (SSSR count). The zero-order valence-corrected chi connectivity index (χ0v) is 11.1. The number of hydrogen-bond donors (Lipinski definition) is 1. The molecule has 18 heavy (non-hydrogen) atoms. The van der Waals surface area contributed by atoms with E-state index in [1.807, 2.05) is 0 Å². The van der Waals surface area contributed by atoms with Crippen LogP contribution < -0.4 is 5.73 Å². The van der Waals surface area contributed by atoms with Gasteiger partial charge in [0, 0.05) is 12.0 Å². The van der Waals surface area contributed by atoms with Gasteiger partial charge in [-0.2, -0.15) is 0 Å².